The molecule has 0 heterocycles. The highest BCUT2D eigenvalue weighted by atomic mass is 16.6. The lowest BCUT2D eigenvalue weighted by Gasteiger charge is -2.15. The van der Waals surface area contributed by atoms with Crippen LogP contribution in [0.15, 0.2) is 24.3 Å². The van der Waals surface area contributed by atoms with Crippen molar-refractivity contribution in [2.24, 2.45) is 5.41 Å². The van der Waals surface area contributed by atoms with Gasteiger partial charge in [-0.05, 0) is 12.0 Å². The standard InChI is InChI=1S/C11H13NO3/c1-11(2,8-13)7-9-4-3-5-10(6-9)12(14)15/h3-6,8H,7H2,1-2H3. The van der Waals surface area contributed by atoms with Crippen molar-refractivity contribution in [1.82, 2.24) is 0 Å². The van der Waals surface area contributed by atoms with E-state index in [1.165, 1.54) is 12.1 Å². The molecule has 4 nitrogen and oxygen atoms in total. The van der Waals surface area contributed by atoms with Gasteiger partial charge in [0.1, 0.15) is 6.29 Å². The van der Waals surface area contributed by atoms with Crippen molar-refractivity contribution < 1.29 is 9.72 Å². The van der Waals surface area contributed by atoms with Gasteiger partial charge in [0.25, 0.3) is 5.69 Å². The molecule has 0 radical (unpaired) electrons. The molecular formula is C11H13NO3. The Balaban J connectivity index is 2.92. The van der Waals surface area contributed by atoms with E-state index in [2.05, 4.69) is 0 Å². The Hall–Kier alpha value is -1.71. The number of carbonyl (C=O) groups excluding carboxylic acids is 1. The molecule has 0 aliphatic heterocycles. The zero-order valence-electron chi connectivity index (χ0n) is 8.77. The monoisotopic (exact) mass is 207 g/mol. The summed E-state index contributed by atoms with van der Waals surface area (Å²) < 4.78 is 0. The number of carbonyl (C=O) groups is 1. The van der Waals surface area contributed by atoms with E-state index >= 15 is 0 Å². The van der Waals surface area contributed by atoms with Crippen molar-refractivity contribution in [3.63, 3.8) is 0 Å². The number of nitrogens with zero attached hydrogens (tertiary/aromatic N) is 1. The summed E-state index contributed by atoms with van der Waals surface area (Å²) in [6, 6.07) is 6.37. The Morgan fingerprint density at radius 2 is 2.13 bits per heavy atom. The number of nitro groups is 1. The first-order chi connectivity index (χ1) is 6.94. The third kappa shape index (κ3) is 3.16. The Bertz CT molecular complexity index is 385. The van der Waals surface area contributed by atoms with Crippen LogP contribution >= 0.6 is 0 Å². The van der Waals surface area contributed by atoms with Gasteiger partial charge in [-0.15, -0.1) is 0 Å². The average molecular weight is 207 g/mol. The first kappa shape index (κ1) is 11.4. The van der Waals surface area contributed by atoms with Gasteiger partial charge >= 0.3 is 0 Å². The second kappa shape index (κ2) is 4.21. The molecule has 0 amide bonds. The largest absolute Gasteiger partial charge is 0.303 e. The zero-order valence-corrected chi connectivity index (χ0v) is 8.77. The Kier molecular flexibility index (Phi) is 3.19. The minimum atomic E-state index is -0.477. The Morgan fingerprint density at radius 3 is 2.67 bits per heavy atom. The number of nitro benzene ring substituents is 1. The molecule has 80 valence electrons. The van der Waals surface area contributed by atoms with Crippen molar-refractivity contribution >= 4 is 12.0 Å². The van der Waals surface area contributed by atoms with Crippen molar-refractivity contribution in [3.05, 3.63) is 39.9 Å². The van der Waals surface area contributed by atoms with E-state index in [1.807, 2.05) is 0 Å². The van der Waals surface area contributed by atoms with Crippen LogP contribution in [0, 0.1) is 15.5 Å². The molecule has 1 rings (SSSR count). The molecule has 0 unspecified atom stereocenters. The fourth-order valence-electron chi connectivity index (χ4n) is 1.35. The molecule has 4 heteroatoms. The number of aldehydes is 1. The van der Waals surface area contributed by atoms with Gasteiger partial charge in [0.15, 0.2) is 0 Å². The number of benzene rings is 1. The van der Waals surface area contributed by atoms with E-state index in [9.17, 15) is 14.9 Å². The van der Waals surface area contributed by atoms with Crippen molar-refractivity contribution in [3.8, 4) is 0 Å². The molecule has 0 bridgehead atoms. The fraction of sp³-hybridized carbons (Fsp3) is 0.364. The van der Waals surface area contributed by atoms with E-state index in [4.69, 9.17) is 0 Å². The number of non-ortho nitro benzene ring substituents is 1. The van der Waals surface area contributed by atoms with Gasteiger partial charge < -0.3 is 4.79 Å². The van der Waals surface area contributed by atoms with Crippen LogP contribution in [0.5, 0.6) is 0 Å². The molecule has 0 aliphatic carbocycles. The maximum atomic E-state index is 10.7. The Morgan fingerprint density at radius 1 is 1.47 bits per heavy atom. The van der Waals surface area contributed by atoms with E-state index in [1.54, 1.807) is 26.0 Å². The maximum absolute atomic E-state index is 10.7. The smallest absolute Gasteiger partial charge is 0.269 e. The lowest BCUT2D eigenvalue weighted by Crippen LogP contribution is -2.16. The summed E-state index contributed by atoms with van der Waals surface area (Å²) >= 11 is 0. The SMILES string of the molecule is CC(C)(C=O)Cc1cccc([N+](=O)[O-])c1. The van der Waals surface area contributed by atoms with Crippen LogP contribution < -0.4 is 0 Å². The second-order valence-corrected chi connectivity index (χ2v) is 4.21. The van der Waals surface area contributed by atoms with Crippen LogP contribution in [0.25, 0.3) is 0 Å². The van der Waals surface area contributed by atoms with Crippen molar-refractivity contribution in [2.75, 3.05) is 0 Å². The molecule has 1 aromatic rings. The molecule has 0 N–H and O–H groups in total. The molecular weight excluding hydrogens is 194 g/mol. The lowest BCUT2D eigenvalue weighted by atomic mass is 9.87. The van der Waals surface area contributed by atoms with Crippen LogP contribution in [0.3, 0.4) is 0 Å². The summed E-state index contributed by atoms with van der Waals surface area (Å²) in [6.45, 7) is 3.61. The predicted octanol–water partition coefficient (Wildman–Crippen LogP) is 2.36. The molecule has 0 aromatic heterocycles. The van der Waals surface area contributed by atoms with E-state index < -0.39 is 10.3 Å². The van der Waals surface area contributed by atoms with Gasteiger partial charge in [0, 0.05) is 17.5 Å². The van der Waals surface area contributed by atoms with Crippen LogP contribution in [0.2, 0.25) is 0 Å². The third-order valence-electron chi connectivity index (χ3n) is 2.10. The number of hydrogen-bond donors (Lipinski definition) is 0. The Labute approximate surface area is 88.1 Å². The minimum absolute atomic E-state index is 0.0641. The summed E-state index contributed by atoms with van der Waals surface area (Å²) in [6.07, 6.45) is 1.38. The molecule has 0 atom stereocenters. The van der Waals surface area contributed by atoms with Crippen molar-refractivity contribution in [1.29, 1.82) is 0 Å². The predicted molar refractivity (Wildman–Crippen MR) is 56.6 cm³/mol. The number of hydrogen-bond acceptors (Lipinski definition) is 3. The summed E-state index contributed by atoms with van der Waals surface area (Å²) in [4.78, 5) is 20.8. The van der Waals surface area contributed by atoms with Gasteiger partial charge in [-0.25, -0.2) is 0 Å². The highest BCUT2D eigenvalue weighted by Gasteiger charge is 2.18. The van der Waals surface area contributed by atoms with Gasteiger partial charge in [0.2, 0.25) is 0 Å². The molecule has 0 spiro atoms. The highest BCUT2D eigenvalue weighted by Crippen LogP contribution is 2.21. The normalized spacial score (nSPS) is 11.1. The first-order valence-corrected chi connectivity index (χ1v) is 4.64. The van der Waals surface area contributed by atoms with Crippen LogP contribution in [-0.2, 0) is 11.2 Å². The first-order valence-electron chi connectivity index (χ1n) is 4.64. The maximum Gasteiger partial charge on any atom is 0.269 e. The molecule has 0 saturated carbocycles. The molecule has 15 heavy (non-hydrogen) atoms. The van der Waals surface area contributed by atoms with Gasteiger partial charge in [-0.3, -0.25) is 10.1 Å². The highest BCUT2D eigenvalue weighted by molar-refractivity contribution is 5.58. The fourth-order valence-corrected chi connectivity index (χ4v) is 1.35. The quantitative estimate of drug-likeness (QED) is 0.432. The third-order valence-corrected chi connectivity index (χ3v) is 2.10. The zero-order chi connectivity index (χ0) is 11.5. The molecule has 0 aliphatic rings. The van der Waals surface area contributed by atoms with Crippen LogP contribution in [0.1, 0.15) is 19.4 Å². The second-order valence-electron chi connectivity index (χ2n) is 4.21. The summed E-state index contributed by atoms with van der Waals surface area (Å²) in [5.41, 5.74) is 0.394. The van der Waals surface area contributed by atoms with Crippen LogP contribution in [0.4, 0.5) is 5.69 Å². The molecule has 1 aromatic carbocycles. The number of rotatable bonds is 4. The van der Waals surface area contributed by atoms with Crippen molar-refractivity contribution in [2.45, 2.75) is 20.3 Å². The van der Waals surface area contributed by atoms with Crippen LogP contribution in [-0.4, -0.2) is 11.2 Å². The molecule has 0 fully saturated rings. The summed E-state index contributed by atoms with van der Waals surface area (Å²) in [5, 5.41) is 10.5. The lowest BCUT2D eigenvalue weighted by molar-refractivity contribution is -0.384. The van der Waals surface area contributed by atoms with Gasteiger partial charge in [0.05, 0.1) is 4.92 Å². The summed E-state index contributed by atoms with van der Waals surface area (Å²) in [7, 11) is 0. The topological polar surface area (TPSA) is 60.2 Å². The average Bonchev–Trinajstić information content (AvgIpc) is 2.17. The van der Waals surface area contributed by atoms with E-state index in [0.29, 0.717) is 6.42 Å². The van der Waals surface area contributed by atoms with E-state index in [-0.39, 0.29) is 5.69 Å². The van der Waals surface area contributed by atoms with E-state index in [0.717, 1.165) is 11.8 Å². The molecule has 0 saturated heterocycles. The van der Waals surface area contributed by atoms with Gasteiger partial charge in [-0.2, -0.15) is 0 Å². The summed E-state index contributed by atoms with van der Waals surface area (Å²) in [5.74, 6) is 0. The minimum Gasteiger partial charge on any atom is -0.303 e. The van der Waals surface area contributed by atoms with Gasteiger partial charge in [-0.1, -0.05) is 26.0 Å².